The number of aliphatic hydroxyl groups excluding tert-OH is 1. The van der Waals surface area contributed by atoms with E-state index in [2.05, 4.69) is 22.1 Å². The maximum atomic E-state index is 12.2. The van der Waals surface area contributed by atoms with Crippen LogP contribution in [0, 0.1) is 0 Å². The molecule has 0 spiro atoms. The molecule has 9 heteroatoms. The Hall–Kier alpha value is -2.29. The van der Waals surface area contributed by atoms with Gasteiger partial charge < -0.3 is 20.2 Å². The molecule has 0 bridgehead atoms. The maximum absolute atomic E-state index is 12.2. The first-order valence-electron chi connectivity index (χ1n) is 17.6. The van der Waals surface area contributed by atoms with Gasteiger partial charge in [-0.3, -0.25) is 19.1 Å². The summed E-state index contributed by atoms with van der Waals surface area (Å²) >= 11 is 0. The molecule has 0 saturated carbocycles. The zero-order valence-corrected chi connectivity index (χ0v) is 27.8. The van der Waals surface area contributed by atoms with E-state index < -0.39 is 6.10 Å². The van der Waals surface area contributed by atoms with Crippen molar-refractivity contribution in [3.8, 4) is 0 Å². The van der Waals surface area contributed by atoms with Crippen molar-refractivity contribution in [3.05, 3.63) is 20.8 Å². The first kappa shape index (κ1) is 36.9. The van der Waals surface area contributed by atoms with Gasteiger partial charge in [0.1, 0.15) is 11.5 Å². The molecule has 1 aliphatic rings. The van der Waals surface area contributed by atoms with Crippen LogP contribution in [-0.2, 0) is 11.8 Å². The quantitative estimate of drug-likeness (QED) is 0.106. The van der Waals surface area contributed by atoms with Crippen molar-refractivity contribution in [1.29, 1.82) is 0 Å². The lowest BCUT2D eigenvalue weighted by atomic mass is 10.0. The summed E-state index contributed by atoms with van der Waals surface area (Å²) in [6.07, 6.45) is 25.5. The molecular weight excluding hydrogens is 542 g/mol. The number of rotatable bonds is 26. The van der Waals surface area contributed by atoms with Gasteiger partial charge in [0.15, 0.2) is 0 Å². The van der Waals surface area contributed by atoms with Crippen molar-refractivity contribution in [1.82, 2.24) is 14.9 Å². The summed E-state index contributed by atoms with van der Waals surface area (Å²) in [5.74, 6) is 0.783. The zero-order valence-electron chi connectivity index (χ0n) is 27.8. The fourth-order valence-electron chi connectivity index (χ4n) is 6.17. The molecule has 3 N–H and O–H groups in total. The van der Waals surface area contributed by atoms with Gasteiger partial charge >= 0.3 is 5.69 Å². The molecular formula is C34H63N5O4. The average molecular weight is 606 g/mol. The first-order chi connectivity index (χ1) is 20.8. The fourth-order valence-corrected chi connectivity index (χ4v) is 6.17. The number of carbonyl (C=O) groups excluding carboxylic acids is 1. The molecule has 0 radical (unpaired) electrons. The van der Waals surface area contributed by atoms with E-state index in [9.17, 15) is 19.5 Å². The number of unbranched alkanes of at least 4 members (excludes halogenated alkanes) is 18. The van der Waals surface area contributed by atoms with Crippen LogP contribution in [0.2, 0.25) is 0 Å². The topological polar surface area (TPSA) is 111 Å². The van der Waals surface area contributed by atoms with Crippen molar-refractivity contribution in [2.75, 3.05) is 36.6 Å². The molecule has 43 heavy (non-hydrogen) atoms. The Balaban J connectivity index is 1.37. The van der Waals surface area contributed by atoms with Gasteiger partial charge in [0.05, 0.1) is 12.8 Å². The third-order valence-corrected chi connectivity index (χ3v) is 8.84. The number of H-pyrrole nitrogens is 1. The van der Waals surface area contributed by atoms with Gasteiger partial charge in [0.2, 0.25) is 5.91 Å². The van der Waals surface area contributed by atoms with Crippen molar-refractivity contribution in [2.24, 2.45) is 7.05 Å². The van der Waals surface area contributed by atoms with Gasteiger partial charge in [-0.1, -0.05) is 122 Å². The van der Waals surface area contributed by atoms with Crippen LogP contribution in [0.15, 0.2) is 9.59 Å². The van der Waals surface area contributed by atoms with Crippen LogP contribution < -0.4 is 26.4 Å². The molecule has 1 atom stereocenters. The number of anilines is 2. The lowest BCUT2D eigenvalue weighted by Crippen LogP contribution is -2.32. The Morgan fingerprint density at radius 3 is 1.88 bits per heavy atom. The smallest absolute Gasteiger partial charge is 0.329 e. The predicted octanol–water partition coefficient (Wildman–Crippen LogP) is 6.37. The molecule has 2 rings (SSSR count). The minimum atomic E-state index is -0.458. The normalized spacial score (nSPS) is 13.5. The van der Waals surface area contributed by atoms with Crippen molar-refractivity contribution in [3.63, 3.8) is 0 Å². The van der Waals surface area contributed by atoms with Gasteiger partial charge in [-0.05, 0) is 19.3 Å². The summed E-state index contributed by atoms with van der Waals surface area (Å²) in [6, 6.07) is 0. The molecule has 2 heterocycles. The van der Waals surface area contributed by atoms with E-state index in [-0.39, 0.29) is 17.2 Å². The Bertz CT molecular complexity index is 1010. The molecule has 0 fully saturated rings. The average Bonchev–Trinajstić information content (AvgIpc) is 3.32. The third kappa shape index (κ3) is 14.8. The monoisotopic (exact) mass is 605 g/mol. The van der Waals surface area contributed by atoms with E-state index in [4.69, 9.17) is 0 Å². The lowest BCUT2D eigenvalue weighted by molar-refractivity contribution is -0.121. The van der Waals surface area contributed by atoms with E-state index in [1.54, 1.807) is 7.05 Å². The van der Waals surface area contributed by atoms with Crippen LogP contribution in [0.3, 0.4) is 0 Å². The number of fused-ring (bicyclic) bond motifs is 1. The van der Waals surface area contributed by atoms with Crippen LogP contribution in [0.1, 0.15) is 148 Å². The second kappa shape index (κ2) is 22.3. The largest absolute Gasteiger partial charge is 0.391 e. The fraction of sp³-hybridized carbons (Fsp3) is 0.853. The van der Waals surface area contributed by atoms with Crippen LogP contribution in [0.25, 0.3) is 0 Å². The number of hydrogen-bond donors (Lipinski definition) is 3. The highest BCUT2D eigenvalue weighted by Crippen LogP contribution is 2.29. The number of aliphatic hydroxyl groups is 1. The summed E-state index contributed by atoms with van der Waals surface area (Å²) < 4.78 is 1.53. The minimum absolute atomic E-state index is 0.0696. The highest BCUT2D eigenvalue weighted by atomic mass is 16.3. The van der Waals surface area contributed by atoms with E-state index in [0.717, 1.165) is 64.3 Å². The van der Waals surface area contributed by atoms with Gasteiger partial charge in [-0.15, -0.1) is 0 Å². The highest BCUT2D eigenvalue weighted by molar-refractivity contribution is 5.75. The van der Waals surface area contributed by atoms with E-state index in [1.165, 1.54) is 81.6 Å². The van der Waals surface area contributed by atoms with Gasteiger partial charge in [-0.25, -0.2) is 4.79 Å². The summed E-state index contributed by atoms with van der Waals surface area (Å²) in [5.41, 5.74) is -0.124. The summed E-state index contributed by atoms with van der Waals surface area (Å²) in [6.45, 7) is 4.08. The van der Waals surface area contributed by atoms with Gasteiger partial charge in [-0.2, -0.15) is 0 Å². The molecule has 9 nitrogen and oxygen atoms in total. The van der Waals surface area contributed by atoms with E-state index in [1.807, 2.05) is 11.9 Å². The van der Waals surface area contributed by atoms with Gasteiger partial charge in [0.25, 0.3) is 5.56 Å². The minimum Gasteiger partial charge on any atom is -0.391 e. The SMILES string of the molecule is CCCCCCCCCCCCCCCC(=O)NCC(O)CCCCCCCCCN1CN(C)c2c1n(C)c(=O)[nH]c2=O. The maximum Gasteiger partial charge on any atom is 0.329 e. The van der Waals surface area contributed by atoms with Crippen LogP contribution in [0.4, 0.5) is 11.5 Å². The standard InChI is InChI=1S/C34H63N5O4/c1-4-5-6-7-8-9-10-11-12-13-16-19-22-25-30(41)35-27-29(40)24-21-18-15-14-17-20-23-26-39-28-37(2)31-32(42)36-34(43)38(3)33(31)39/h29,40H,4-28H2,1-3H3,(H,35,41)(H,36,42,43). The zero-order chi connectivity index (χ0) is 31.3. The molecule has 1 amide bonds. The Kier molecular flexibility index (Phi) is 19.1. The summed E-state index contributed by atoms with van der Waals surface area (Å²) in [7, 11) is 3.58. The first-order valence-corrected chi connectivity index (χ1v) is 17.6. The van der Waals surface area contributed by atoms with Crippen molar-refractivity contribution >= 4 is 17.4 Å². The molecule has 1 unspecified atom stereocenters. The number of carbonyl (C=O) groups is 1. The predicted molar refractivity (Wildman–Crippen MR) is 179 cm³/mol. The van der Waals surface area contributed by atoms with Crippen molar-refractivity contribution in [2.45, 2.75) is 154 Å². The number of aromatic nitrogens is 2. The molecule has 1 aliphatic heterocycles. The number of nitrogens with one attached hydrogen (secondary N) is 2. The van der Waals surface area contributed by atoms with Crippen molar-refractivity contribution < 1.29 is 9.90 Å². The number of nitrogens with zero attached hydrogens (tertiary/aromatic N) is 3. The number of aromatic amines is 1. The Morgan fingerprint density at radius 2 is 1.30 bits per heavy atom. The van der Waals surface area contributed by atoms with Crippen LogP contribution in [0.5, 0.6) is 0 Å². The van der Waals surface area contributed by atoms with Gasteiger partial charge in [0, 0.05) is 33.6 Å². The van der Waals surface area contributed by atoms with E-state index in [0.29, 0.717) is 31.1 Å². The Morgan fingerprint density at radius 1 is 0.791 bits per heavy atom. The molecule has 248 valence electrons. The summed E-state index contributed by atoms with van der Waals surface area (Å²) in [4.78, 5) is 42.7. The lowest BCUT2D eigenvalue weighted by Gasteiger charge is -2.20. The third-order valence-electron chi connectivity index (χ3n) is 8.84. The molecule has 0 aromatic carbocycles. The highest BCUT2D eigenvalue weighted by Gasteiger charge is 2.29. The summed E-state index contributed by atoms with van der Waals surface area (Å²) in [5, 5.41) is 13.1. The van der Waals surface area contributed by atoms with Crippen LogP contribution >= 0.6 is 0 Å². The van der Waals surface area contributed by atoms with Crippen LogP contribution in [-0.4, -0.2) is 53.5 Å². The second-order valence-electron chi connectivity index (χ2n) is 12.8. The number of hydrogen-bond acceptors (Lipinski definition) is 6. The van der Waals surface area contributed by atoms with E-state index >= 15 is 0 Å². The Labute approximate surface area is 260 Å². The number of amides is 1. The molecule has 1 aromatic rings. The molecule has 1 aromatic heterocycles. The second-order valence-corrected chi connectivity index (χ2v) is 12.8. The molecule has 0 saturated heterocycles. The molecule has 0 aliphatic carbocycles.